The van der Waals surface area contributed by atoms with Gasteiger partial charge in [-0.3, -0.25) is 0 Å². The molecule has 0 aromatic heterocycles. The second kappa shape index (κ2) is 7.71. The van der Waals surface area contributed by atoms with Gasteiger partial charge in [0.1, 0.15) is 0 Å². The minimum Gasteiger partial charge on any atom is -0.308 e. The Hall–Kier alpha value is -1.37. The summed E-state index contributed by atoms with van der Waals surface area (Å²) in [5.41, 5.74) is 5.03. The average Bonchev–Trinajstić information content (AvgIpc) is 3.05. The zero-order chi connectivity index (χ0) is 20.8. The lowest BCUT2D eigenvalue weighted by Crippen LogP contribution is -2.50. The molecule has 3 saturated carbocycles. The Kier molecular flexibility index (Phi) is 5.55. The van der Waals surface area contributed by atoms with Crippen molar-refractivity contribution in [3.63, 3.8) is 0 Å². The van der Waals surface area contributed by atoms with E-state index in [0.717, 1.165) is 29.2 Å². The molecule has 0 saturated heterocycles. The number of fused-ring (bicyclic) bond motifs is 5. The maximum atomic E-state index is 7.96. The maximum Gasteiger partial charge on any atom is 0.0253 e. The average molecular weight is 392 g/mol. The van der Waals surface area contributed by atoms with Crippen LogP contribution < -0.4 is 0 Å². The highest BCUT2D eigenvalue weighted by Crippen LogP contribution is 2.67. The minimum atomic E-state index is 0.365. The molecule has 1 nitrogen and oxygen atoms in total. The predicted octanol–water partition coefficient (Wildman–Crippen LogP) is 7.91. The summed E-state index contributed by atoms with van der Waals surface area (Å²) in [4.78, 5) is 0. The first kappa shape index (κ1) is 20.9. The van der Waals surface area contributed by atoms with Crippen LogP contribution in [0.3, 0.4) is 0 Å². The molecule has 0 aliphatic heterocycles. The number of rotatable bonds is 4. The summed E-state index contributed by atoms with van der Waals surface area (Å²) in [5.74, 6) is 4.01. The van der Waals surface area contributed by atoms with Crippen LogP contribution in [0, 0.1) is 45.8 Å². The fourth-order valence-electron chi connectivity index (χ4n) is 8.22. The van der Waals surface area contributed by atoms with E-state index in [9.17, 15) is 0 Å². The molecule has 4 rings (SSSR count). The molecule has 4 aliphatic rings. The van der Waals surface area contributed by atoms with Gasteiger partial charge in [-0.05, 0) is 110 Å². The normalized spacial score (nSPS) is 45.0. The molecule has 0 bridgehead atoms. The fraction of sp³-hybridized carbons (Fsp3) is 0.679. The smallest absolute Gasteiger partial charge is 0.0253 e. The molecule has 4 aliphatic carbocycles. The van der Waals surface area contributed by atoms with Gasteiger partial charge < -0.3 is 5.41 Å². The Labute approximate surface area is 178 Å². The molecule has 1 heteroatoms. The zero-order valence-electron chi connectivity index (χ0n) is 19.1. The van der Waals surface area contributed by atoms with Crippen molar-refractivity contribution in [2.24, 2.45) is 40.4 Å². The van der Waals surface area contributed by atoms with E-state index < -0.39 is 0 Å². The second-order valence-corrected chi connectivity index (χ2v) is 11.0. The Bertz CT molecular complexity index is 767. The number of nitrogens with one attached hydrogen (secondary N) is 1. The third kappa shape index (κ3) is 3.15. The van der Waals surface area contributed by atoms with Crippen LogP contribution in [-0.4, -0.2) is 6.21 Å². The van der Waals surface area contributed by atoms with E-state index in [2.05, 4.69) is 51.7 Å². The molecule has 1 N–H and O–H groups in total. The highest BCUT2D eigenvalue weighted by Gasteiger charge is 2.58. The SMILES string of the molecule is C=C/C(=C(C=N)/C=C\C)C1CCC2C3CC=C4CC(C)CCC4(C)C3CCC12C. The van der Waals surface area contributed by atoms with Crippen molar-refractivity contribution in [3.05, 3.63) is 47.6 Å². The molecule has 7 unspecified atom stereocenters. The molecule has 7 atom stereocenters. The maximum absolute atomic E-state index is 7.96. The zero-order valence-corrected chi connectivity index (χ0v) is 19.1. The largest absolute Gasteiger partial charge is 0.308 e. The molecule has 0 amide bonds. The molecular formula is C28H41N. The highest BCUT2D eigenvalue weighted by molar-refractivity contribution is 5.82. The van der Waals surface area contributed by atoms with Gasteiger partial charge in [0, 0.05) is 6.21 Å². The van der Waals surface area contributed by atoms with Gasteiger partial charge in [0.2, 0.25) is 0 Å². The Morgan fingerprint density at radius 3 is 2.62 bits per heavy atom. The number of hydrogen-bond acceptors (Lipinski definition) is 1. The van der Waals surface area contributed by atoms with E-state index in [1.807, 2.05) is 6.92 Å². The van der Waals surface area contributed by atoms with Crippen LogP contribution in [-0.2, 0) is 0 Å². The van der Waals surface area contributed by atoms with Gasteiger partial charge in [-0.2, -0.15) is 0 Å². The first-order valence-corrected chi connectivity index (χ1v) is 12.1. The number of hydrogen-bond donors (Lipinski definition) is 1. The van der Waals surface area contributed by atoms with Gasteiger partial charge in [-0.1, -0.05) is 57.2 Å². The minimum absolute atomic E-state index is 0.365. The van der Waals surface area contributed by atoms with Crippen LogP contribution in [0.15, 0.2) is 47.6 Å². The van der Waals surface area contributed by atoms with Gasteiger partial charge in [0.05, 0.1) is 0 Å². The molecule has 0 radical (unpaired) electrons. The molecular weight excluding hydrogens is 350 g/mol. The van der Waals surface area contributed by atoms with Crippen LogP contribution in [0.5, 0.6) is 0 Å². The first-order valence-electron chi connectivity index (χ1n) is 12.1. The van der Waals surface area contributed by atoms with Crippen molar-refractivity contribution in [2.45, 2.75) is 79.1 Å². The summed E-state index contributed by atoms with van der Waals surface area (Å²) in [5, 5.41) is 7.96. The lowest BCUT2D eigenvalue weighted by Gasteiger charge is -2.58. The Morgan fingerprint density at radius 2 is 1.93 bits per heavy atom. The molecule has 3 fully saturated rings. The van der Waals surface area contributed by atoms with Gasteiger partial charge in [0.15, 0.2) is 0 Å². The summed E-state index contributed by atoms with van der Waals surface area (Å²) >= 11 is 0. The molecule has 0 spiro atoms. The van der Waals surface area contributed by atoms with Gasteiger partial charge in [-0.15, -0.1) is 0 Å². The highest BCUT2D eigenvalue weighted by atomic mass is 14.6. The molecule has 0 heterocycles. The summed E-state index contributed by atoms with van der Waals surface area (Å²) in [6.07, 6.45) is 21.3. The van der Waals surface area contributed by atoms with Crippen molar-refractivity contribution in [1.82, 2.24) is 0 Å². The third-order valence-electron chi connectivity index (χ3n) is 9.78. The monoisotopic (exact) mass is 391 g/mol. The van der Waals surface area contributed by atoms with E-state index in [1.165, 1.54) is 56.9 Å². The molecule has 0 aromatic carbocycles. The second-order valence-electron chi connectivity index (χ2n) is 11.0. The lowest BCUT2D eigenvalue weighted by molar-refractivity contribution is -0.0385. The van der Waals surface area contributed by atoms with Gasteiger partial charge in [0.25, 0.3) is 0 Å². The van der Waals surface area contributed by atoms with Crippen molar-refractivity contribution in [3.8, 4) is 0 Å². The fourth-order valence-corrected chi connectivity index (χ4v) is 8.22. The predicted molar refractivity (Wildman–Crippen MR) is 125 cm³/mol. The quantitative estimate of drug-likeness (QED) is 0.286. The summed E-state index contributed by atoms with van der Waals surface area (Å²) in [6.45, 7) is 13.9. The van der Waals surface area contributed by atoms with E-state index in [0.29, 0.717) is 16.7 Å². The van der Waals surface area contributed by atoms with Crippen molar-refractivity contribution >= 4 is 6.21 Å². The third-order valence-corrected chi connectivity index (χ3v) is 9.78. The van der Waals surface area contributed by atoms with Crippen molar-refractivity contribution in [2.75, 3.05) is 0 Å². The van der Waals surface area contributed by atoms with Crippen LogP contribution in [0.1, 0.15) is 79.1 Å². The van der Waals surface area contributed by atoms with Crippen LogP contribution in [0.4, 0.5) is 0 Å². The number of allylic oxidation sites excluding steroid dienone is 7. The standard InChI is InChI=1S/C28H41N/c1-6-8-20(18-29)22(7-2)24-11-12-25-23-10-9-21-17-19(3)13-15-27(21,4)26(23)14-16-28(24,25)5/h6-9,18-19,23-26,29H,2,10-17H2,1,3-5H3/b8-6-,22-20+,29-18?. The van der Waals surface area contributed by atoms with E-state index in [4.69, 9.17) is 5.41 Å². The van der Waals surface area contributed by atoms with Gasteiger partial charge >= 0.3 is 0 Å². The topological polar surface area (TPSA) is 23.9 Å². The lowest BCUT2D eigenvalue weighted by atomic mass is 9.46. The van der Waals surface area contributed by atoms with E-state index in [1.54, 1.807) is 11.8 Å². The summed E-state index contributed by atoms with van der Waals surface area (Å²) < 4.78 is 0. The first-order chi connectivity index (χ1) is 13.9. The van der Waals surface area contributed by atoms with Crippen LogP contribution in [0.2, 0.25) is 0 Å². The van der Waals surface area contributed by atoms with E-state index >= 15 is 0 Å². The van der Waals surface area contributed by atoms with Gasteiger partial charge in [-0.25, -0.2) is 0 Å². The van der Waals surface area contributed by atoms with Crippen molar-refractivity contribution < 1.29 is 0 Å². The molecule has 0 aromatic rings. The van der Waals surface area contributed by atoms with E-state index in [-0.39, 0.29) is 0 Å². The molecule has 29 heavy (non-hydrogen) atoms. The van der Waals surface area contributed by atoms with Crippen LogP contribution in [0.25, 0.3) is 0 Å². The summed E-state index contributed by atoms with van der Waals surface area (Å²) in [6, 6.07) is 0. The molecule has 158 valence electrons. The van der Waals surface area contributed by atoms with Crippen LogP contribution >= 0.6 is 0 Å². The Morgan fingerprint density at radius 1 is 1.14 bits per heavy atom. The summed E-state index contributed by atoms with van der Waals surface area (Å²) in [7, 11) is 0. The van der Waals surface area contributed by atoms with Crippen molar-refractivity contribution in [1.29, 1.82) is 5.41 Å². The Balaban J connectivity index is 1.67.